The van der Waals surface area contributed by atoms with Crippen molar-refractivity contribution in [1.29, 1.82) is 0 Å². The van der Waals surface area contributed by atoms with Crippen LogP contribution in [0.4, 0.5) is 0 Å². The molecule has 0 N–H and O–H groups in total. The molecular weight excluding hydrogens is 408 g/mol. The van der Waals surface area contributed by atoms with Crippen molar-refractivity contribution < 1.29 is 0 Å². The van der Waals surface area contributed by atoms with Gasteiger partial charge in [0.25, 0.3) is 0 Å². The third kappa shape index (κ3) is 2.60. The zero-order valence-corrected chi connectivity index (χ0v) is 20.9. The van der Waals surface area contributed by atoms with Gasteiger partial charge in [0, 0.05) is 10.8 Å². The molecule has 0 atom stereocenters. The first-order valence-electron chi connectivity index (χ1n) is 13.1. The lowest BCUT2D eigenvalue weighted by molar-refractivity contribution is 0.490. The van der Waals surface area contributed by atoms with Gasteiger partial charge in [-0.05, 0) is 93.5 Å². The monoisotopic (exact) mass is 442 g/mol. The zero-order chi connectivity index (χ0) is 23.5. The van der Waals surface area contributed by atoms with E-state index in [4.69, 9.17) is 0 Å². The van der Waals surface area contributed by atoms with Gasteiger partial charge in [0.15, 0.2) is 0 Å². The van der Waals surface area contributed by atoms with E-state index in [9.17, 15) is 0 Å². The van der Waals surface area contributed by atoms with Gasteiger partial charge >= 0.3 is 0 Å². The highest BCUT2D eigenvalue weighted by Crippen LogP contribution is 2.55. The second-order valence-corrected chi connectivity index (χ2v) is 10.2. The maximum Gasteiger partial charge on any atom is 0.0210 e. The Balaban J connectivity index is 1.53. The quantitative estimate of drug-likeness (QED) is 0.289. The molecule has 0 heteroatoms. The van der Waals surface area contributed by atoms with Gasteiger partial charge in [-0.3, -0.25) is 0 Å². The smallest absolute Gasteiger partial charge is 0.0210 e. The molecule has 0 spiro atoms. The molecule has 6 rings (SSSR count). The van der Waals surface area contributed by atoms with Gasteiger partial charge in [0.2, 0.25) is 0 Å². The minimum absolute atomic E-state index is 0.117. The summed E-state index contributed by atoms with van der Waals surface area (Å²) in [5, 5.41) is 0. The SMILES string of the molecule is CCC1(CC)c2ccccc2-c2ccc(-c3ccc4c(c3)C(CC)(CC)c3ccccc3-4)cc21. The molecule has 0 fully saturated rings. The Morgan fingerprint density at radius 1 is 0.412 bits per heavy atom. The predicted octanol–water partition coefficient (Wildman–Crippen LogP) is 9.53. The fraction of sp³-hybridized carbons (Fsp3) is 0.294. The molecule has 2 aliphatic rings. The lowest BCUT2D eigenvalue weighted by Crippen LogP contribution is -2.23. The second kappa shape index (κ2) is 7.70. The van der Waals surface area contributed by atoms with Crippen LogP contribution in [0, 0.1) is 0 Å². The predicted molar refractivity (Wildman–Crippen MR) is 145 cm³/mol. The van der Waals surface area contributed by atoms with Crippen LogP contribution in [0.3, 0.4) is 0 Å². The van der Waals surface area contributed by atoms with E-state index in [0.717, 1.165) is 25.7 Å². The first-order chi connectivity index (χ1) is 16.6. The van der Waals surface area contributed by atoms with Crippen LogP contribution in [0.1, 0.15) is 75.6 Å². The van der Waals surface area contributed by atoms with Gasteiger partial charge in [-0.25, -0.2) is 0 Å². The summed E-state index contributed by atoms with van der Waals surface area (Å²) in [6.07, 6.45) is 4.52. The summed E-state index contributed by atoms with van der Waals surface area (Å²) >= 11 is 0. The molecule has 0 aromatic heterocycles. The third-order valence-corrected chi connectivity index (χ3v) is 9.28. The lowest BCUT2D eigenvalue weighted by Gasteiger charge is -2.30. The average Bonchev–Trinajstić information content (AvgIpc) is 3.35. The van der Waals surface area contributed by atoms with Gasteiger partial charge in [-0.1, -0.05) is 100 Å². The van der Waals surface area contributed by atoms with E-state index >= 15 is 0 Å². The molecule has 0 amide bonds. The molecule has 0 saturated carbocycles. The Labute approximate surface area is 204 Å². The standard InChI is InChI=1S/C34H34/c1-5-33(6-2)29-15-11-9-13-25(29)27-19-17-23(21-31(27)33)24-18-20-28-26-14-10-12-16-30(26)34(7-3,8-4)32(28)22-24/h9-22H,5-8H2,1-4H3. The third-order valence-electron chi connectivity index (χ3n) is 9.28. The van der Waals surface area contributed by atoms with E-state index < -0.39 is 0 Å². The zero-order valence-electron chi connectivity index (χ0n) is 20.9. The summed E-state index contributed by atoms with van der Waals surface area (Å²) in [4.78, 5) is 0. The molecule has 0 radical (unpaired) electrons. The molecule has 0 nitrogen and oxygen atoms in total. The summed E-state index contributed by atoms with van der Waals surface area (Å²) in [7, 11) is 0. The van der Waals surface area contributed by atoms with Crippen molar-refractivity contribution in [2.24, 2.45) is 0 Å². The topological polar surface area (TPSA) is 0 Å². The molecule has 0 aliphatic heterocycles. The summed E-state index contributed by atoms with van der Waals surface area (Å²) in [6.45, 7) is 9.41. The van der Waals surface area contributed by atoms with Gasteiger partial charge in [0.05, 0.1) is 0 Å². The Morgan fingerprint density at radius 3 is 1.15 bits per heavy atom. The van der Waals surface area contributed by atoms with Crippen LogP contribution in [-0.4, -0.2) is 0 Å². The van der Waals surface area contributed by atoms with Crippen molar-refractivity contribution in [3.05, 3.63) is 107 Å². The van der Waals surface area contributed by atoms with Gasteiger partial charge < -0.3 is 0 Å². The molecule has 2 aliphatic carbocycles. The first-order valence-corrected chi connectivity index (χ1v) is 13.1. The van der Waals surface area contributed by atoms with E-state index in [-0.39, 0.29) is 10.8 Å². The van der Waals surface area contributed by atoms with E-state index in [1.54, 1.807) is 0 Å². The van der Waals surface area contributed by atoms with Crippen LogP contribution < -0.4 is 0 Å². The molecule has 0 heterocycles. The van der Waals surface area contributed by atoms with Crippen molar-refractivity contribution >= 4 is 0 Å². The molecule has 34 heavy (non-hydrogen) atoms. The van der Waals surface area contributed by atoms with Crippen LogP contribution in [0.2, 0.25) is 0 Å². The largest absolute Gasteiger partial charge is 0.0642 e. The molecular formula is C34H34. The molecule has 0 bridgehead atoms. The van der Waals surface area contributed by atoms with E-state index in [0.29, 0.717) is 0 Å². The molecule has 4 aromatic carbocycles. The van der Waals surface area contributed by atoms with Crippen LogP contribution >= 0.6 is 0 Å². The fourth-order valence-corrected chi connectivity index (χ4v) is 7.29. The van der Waals surface area contributed by atoms with Gasteiger partial charge in [-0.2, -0.15) is 0 Å². The highest BCUT2D eigenvalue weighted by molar-refractivity contribution is 5.86. The summed E-state index contributed by atoms with van der Waals surface area (Å²) in [5.74, 6) is 0. The van der Waals surface area contributed by atoms with Crippen LogP contribution in [0.25, 0.3) is 33.4 Å². The molecule has 170 valence electrons. The number of rotatable bonds is 5. The Kier molecular flexibility index (Phi) is 4.85. The minimum atomic E-state index is 0.117. The molecule has 4 aromatic rings. The summed E-state index contributed by atoms with van der Waals surface area (Å²) in [6, 6.07) is 32.6. The molecule has 0 saturated heterocycles. The van der Waals surface area contributed by atoms with E-state index in [2.05, 4.69) is 113 Å². The van der Waals surface area contributed by atoms with E-state index in [1.807, 2.05) is 0 Å². The number of hydrogen-bond donors (Lipinski definition) is 0. The maximum atomic E-state index is 2.51. The van der Waals surface area contributed by atoms with Crippen molar-refractivity contribution in [2.45, 2.75) is 64.2 Å². The van der Waals surface area contributed by atoms with Crippen molar-refractivity contribution in [2.75, 3.05) is 0 Å². The van der Waals surface area contributed by atoms with Crippen LogP contribution in [-0.2, 0) is 10.8 Å². The first kappa shape index (κ1) is 21.4. The Hall–Kier alpha value is -3.12. The van der Waals surface area contributed by atoms with Gasteiger partial charge in [0.1, 0.15) is 0 Å². The van der Waals surface area contributed by atoms with Crippen LogP contribution in [0.15, 0.2) is 84.9 Å². The van der Waals surface area contributed by atoms with E-state index in [1.165, 1.54) is 55.6 Å². The van der Waals surface area contributed by atoms with Gasteiger partial charge in [-0.15, -0.1) is 0 Å². The van der Waals surface area contributed by atoms with Crippen molar-refractivity contribution in [1.82, 2.24) is 0 Å². The highest BCUT2D eigenvalue weighted by atomic mass is 14.4. The Morgan fingerprint density at radius 2 is 0.765 bits per heavy atom. The molecule has 0 unspecified atom stereocenters. The highest BCUT2D eigenvalue weighted by Gasteiger charge is 2.42. The minimum Gasteiger partial charge on any atom is -0.0642 e. The summed E-state index contributed by atoms with van der Waals surface area (Å²) in [5.41, 5.74) is 14.7. The normalized spacial score (nSPS) is 16.0. The van der Waals surface area contributed by atoms with Crippen molar-refractivity contribution in [3.8, 4) is 33.4 Å². The summed E-state index contributed by atoms with van der Waals surface area (Å²) < 4.78 is 0. The number of hydrogen-bond acceptors (Lipinski definition) is 0. The van der Waals surface area contributed by atoms with Crippen LogP contribution in [0.5, 0.6) is 0 Å². The average molecular weight is 443 g/mol. The second-order valence-electron chi connectivity index (χ2n) is 10.2. The number of fused-ring (bicyclic) bond motifs is 6. The maximum absolute atomic E-state index is 2.51. The fourth-order valence-electron chi connectivity index (χ4n) is 7.29. The lowest BCUT2D eigenvalue weighted by atomic mass is 9.72. The number of benzene rings is 4. The van der Waals surface area contributed by atoms with Crippen molar-refractivity contribution in [3.63, 3.8) is 0 Å². The Bertz CT molecular complexity index is 1290.